The van der Waals surface area contributed by atoms with Gasteiger partial charge in [-0.1, -0.05) is 6.92 Å². The molecule has 0 fully saturated rings. The van der Waals surface area contributed by atoms with Gasteiger partial charge in [0.15, 0.2) is 0 Å². The lowest BCUT2D eigenvalue weighted by atomic mass is 10.1. The molecular weight excluding hydrogens is 208 g/mol. The summed E-state index contributed by atoms with van der Waals surface area (Å²) in [6.07, 6.45) is 1.95. The molecule has 0 aliphatic heterocycles. The van der Waals surface area contributed by atoms with Crippen molar-refractivity contribution in [3.05, 3.63) is 34.5 Å². The van der Waals surface area contributed by atoms with E-state index in [0.29, 0.717) is 0 Å². The fraction of sp³-hybridized carbons (Fsp3) is 0.400. The van der Waals surface area contributed by atoms with Crippen LogP contribution < -0.4 is 5.32 Å². The van der Waals surface area contributed by atoms with Gasteiger partial charge in [-0.05, 0) is 12.6 Å². The second kappa shape index (κ2) is 4.55. The minimum Gasteiger partial charge on any atom is -0.304 e. The molecule has 0 aliphatic rings. The van der Waals surface area contributed by atoms with Crippen molar-refractivity contribution in [1.82, 2.24) is 20.1 Å². The van der Waals surface area contributed by atoms with Gasteiger partial charge in [0.25, 0.3) is 0 Å². The van der Waals surface area contributed by atoms with E-state index in [0.717, 1.165) is 17.9 Å². The monoisotopic (exact) mass is 222 g/mol. The second-order valence-electron chi connectivity index (χ2n) is 3.32. The zero-order chi connectivity index (χ0) is 10.7. The molecule has 2 rings (SSSR count). The maximum Gasteiger partial charge on any atom is 0.0952 e. The lowest BCUT2D eigenvalue weighted by Gasteiger charge is -2.12. The summed E-state index contributed by atoms with van der Waals surface area (Å²) in [5.41, 5.74) is 3.91. The summed E-state index contributed by atoms with van der Waals surface area (Å²) in [4.78, 5) is 4.33. The van der Waals surface area contributed by atoms with Crippen molar-refractivity contribution in [1.29, 1.82) is 0 Å². The predicted molar refractivity (Wildman–Crippen MR) is 60.8 cm³/mol. The van der Waals surface area contributed by atoms with E-state index in [1.807, 2.05) is 29.5 Å². The van der Waals surface area contributed by atoms with Gasteiger partial charge in [-0.2, -0.15) is 5.10 Å². The van der Waals surface area contributed by atoms with E-state index in [9.17, 15) is 0 Å². The Morgan fingerprint density at radius 1 is 1.53 bits per heavy atom. The Hall–Kier alpha value is -1.20. The van der Waals surface area contributed by atoms with Crippen molar-refractivity contribution in [2.45, 2.75) is 13.0 Å². The Balaban J connectivity index is 2.27. The summed E-state index contributed by atoms with van der Waals surface area (Å²) in [6.45, 7) is 2.99. The van der Waals surface area contributed by atoms with Crippen molar-refractivity contribution in [3.63, 3.8) is 0 Å². The van der Waals surface area contributed by atoms with Crippen LogP contribution in [0.15, 0.2) is 23.2 Å². The summed E-state index contributed by atoms with van der Waals surface area (Å²) in [5, 5.41) is 9.84. The molecule has 5 heteroatoms. The first-order valence-electron chi connectivity index (χ1n) is 4.92. The maximum absolute atomic E-state index is 4.40. The molecule has 0 bridgehead atoms. The molecule has 15 heavy (non-hydrogen) atoms. The van der Waals surface area contributed by atoms with Crippen LogP contribution in [0.3, 0.4) is 0 Å². The van der Waals surface area contributed by atoms with E-state index >= 15 is 0 Å². The third kappa shape index (κ3) is 2.24. The highest BCUT2D eigenvalue weighted by atomic mass is 32.1. The van der Waals surface area contributed by atoms with Gasteiger partial charge in [0.1, 0.15) is 0 Å². The second-order valence-corrected chi connectivity index (χ2v) is 4.04. The summed E-state index contributed by atoms with van der Waals surface area (Å²) in [7, 11) is 1.92. The summed E-state index contributed by atoms with van der Waals surface area (Å²) in [6, 6.07) is 2.13. The predicted octanol–water partition coefficient (Wildman–Crippen LogP) is 1.58. The molecule has 2 aromatic rings. The Morgan fingerprint density at radius 2 is 2.40 bits per heavy atom. The normalized spacial score (nSPS) is 12.9. The van der Waals surface area contributed by atoms with E-state index < -0.39 is 0 Å². The minimum absolute atomic E-state index is 0.113. The highest BCUT2D eigenvalue weighted by molar-refractivity contribution is 7.07. The quantitative estimate of drug-likeness (QED) is 0.854. The molecule has 0 aliphatic carbocycles. The molecule has 1 atom stereocenters. The molecule has 2 aromatic heterocycles. The van der Waals surface area contributed by atoms with Gasteiger partial charge < -0.3 is 5.32 Å². The van der Waals surface area contributed by atoms with Crippen LogP contribution in [-0.4, -0.2) is 21.3 Å². The SMILES string of the molecule is CCNC(c1cscn1)c1ccn(C)n1. The summed E-state index contributed by atoms with van der Waals surface area (Å²) < 4.78 is 1.81. The van der Waals surface area contributed by atoms with Crippen LogP contribution in [0.25, 0.3) is 0 Å². The fourth-order valence-corrected chi connectivity index (χ4v) is 2.10. The molecule has 0 amide bonds. The number of nitrogens with one attached hydrogen (secondary N) is 1. The number of nitrogens with zero attached hydrogens (tertiary/aromatic N) is 3. The number of thiazole rings is 1. The van der Waals surface area contributed by atoms with Crippen LogP contribution in [0, 0.1) is 0 Å². The molecule has 0 saturated heterocycles. The molecule has 0 saturated carbocycles. The molecule has 1 N–H and O–H groups in total. The lowest BCUT2D eigenvalue weighted by molar-refractivity contribution is 0.590. The van der Waals surface area contributed by atoms with E-state index in [-0.39, 0.29) is 6.04 Å². The zero-order valence-corrected chi connectivity index (χ0v) is 9.66. The van der Waals surface area contributed by atoms with Crippen molar-refractivity contribution in [3.8, 4) is 0 Å². The Kier molecular flexibility index (Phi) is 3.13. The van der Waals surface area contributed by atoms with Gasteiger partial charge in [-0.25, -0.2) is 4.98 Å². The highest BCUT2D eigenvalue weighted by Gasteiger charge is 2.16. The number of hydrogen-bond donors (Lipinski definition) is 1. The van der Waals surface area contributed by atoms with E-state index in [1.165, 1.54) is 0 Å². The summed E-state index contributed by atoms with van der Waals surface area (Å²) >= 11 is 1.61. The molecule has 0 radical (unpaired) electrons. The average molecular weight is 222 g/mol. The average Bonchev–Trinajstić information content (AvgIpc) is 2.85. The lowest BCUT2D eigenvalue weighted by Crippen LogP contribution is -2.22. The largest absolute Gasteiger partial charge is 0.304 e. The van der Waals surface area contributed by atoms with Crippen LogP contribution in [0.5, 0.6) is 0 Å². The Morgan fingerprint density at radius 3 is 2.93 bits per heavy atom. The van der Waals surface area contributed by atoms with Crippen LogP contribution in [0.4, 0.5) is 0 Å². The third-order valence-corrected chi connectivity index (χ3v) is 2.79. The Bertz CT molecular complexity index is 407. The van der Waals surface area contributed by atoms with Gasteiger partial charge in [0.2, 0.25) is 0 Å². The van der Waals surface area contributed by atoms with Crippen molar-refractivity contribution in [2.24, 2.45) is 7.05 Å². The van der Waals surface area contributed by atoms with Gasteiger partial charge in [0, 0.05) is 18.6 Å². The van der Waals surface area contributed by atoms with E-state index in [1.54, 1.807) is 11.3 Å². The molecule has 0 aromatic carbocycles. The van der Waals surface area contributed by atoms with Gasteiger partial charge in [0.05, 0.1) is 22.9 Å². The topological polar surface area (TPSA) is 42.7 Å². The smallest absolute Gasteiger partial charge is 0.0952 e. The molecule has 4 nitrogen and oxygen atoms in total. The number of aromatic nitrogens is 3. The van der Waals surface area contributed by atoms with Gasteiger partial charge in [-0.3, -0.25) is 4.68 Å². The zero-order valence-electron chi connectivity index (χ0n) is 8.84. The van der Waals surface area contributed by atoms with Crippen molar-refractivity contribution >= 4 is 11.3 Å². The van der Waals surface area contributed by atoms with Crippen LogP contribution in [0.2, 0.25) is 0 Å². The highest BCUT2D eigenvalue weighted by Crippen LogP contribution is 2.19. The Labute approximate surface area is 93.0 Å². The first kappa shape index (κ1) is 10.3. The van der Waals surface area contributed by atoms with E-state index in [4.69, 9.17) is 0 Å². The van der Waals surface area contributed by atoms with Crippen molar-refractivity contribution in [2.75, 3.05) is 6.54 Å². The van der Waals surface area contributed by atoms with Crippen LogP contribution in [-0.2, 0) is 7.05 Å². The number of hydrogen-bond acceptors (Lipinski definition) is 4. The number of rotatable bonds is 4. The van der Waals surface area contributed by atoms with E-state index in [2.05, 4.69) is 27.7 Å². The molecular formula is C10H14N4S. The van der Waals surface area contributed by atoms with Crippen LogP contribution in [0.1, 0.15) is 24.4 Å². The fourth-order valence-electron chi connectivity index (χ4n) is 1.52. The van der Waals surface area contributed by atoms with Crippen LogP contribution >= 0.6 is 11.3 Å². The third-order valence-electron chi connectivity index (χ3n) is 2.19. The first-order chi connectivity index (χ1) is 7.31. The van der Waals surface area contributed by atoms with Gasteiger partial charge in [-0.15, -0.1) is 11.3 Å². The molecule has 2 heterocycles. The molecule has 0 spiro atoms. The van der Waals surface area contributed by atoms with Gasteiger partial charge >= 0.3 is 0 Å². The molecule has 1 unspecified atom stereocenters. The summed E-state index contributed by atoms with van der Waals surface area (Å²) in [5.74, 6) is 0. The number of aryl methyl sites for hydroxylation is 1. The van der Waals surface area contributed by atoms with Crippen molar-refractivity contribution < 1.29 is 0 Å². The minimum atomic E-state index is 0.113. The standard InChI is InChI=1S/C10H14N4S/c1-3-11-10(9-6-15-7-12-9)8-4-5-14(2)13-8/h4-7,10-11H,3H2,1-2H3. The molecule has 80 valence electrons. The first-order valence-corrected chi connectivity index (χ1v) is 5.86. The maximum atomic E-state index is 4.40.